The van der Waals surface area contributed by atoms with Crippen molar-refractivity contribution >= 4 is 23.1 Å². The van der Waals surface area contributed by atoms with Gasteiger partial charge in [0, 0.05) is 31.5 Å². The van der Waals surface area contributed by atoms with E-state index in [1.54, 1.807) is 12.3 Å². The van der Waals surface area contributed by atoms with E-state index in [0.717, 1.165) is 12.1 Å². The lowest BCUT2D eigenvalue weighted by Crippen LogP contribution is -2.46. The maximum Gasteiger partial charge on any atom is 0.416 e. The topological polar surface area (TPSA) is 110 Å². The number of primary amides is 1. The molecule has 0 aliphatic carbocycles. The van der Waals surface area contributed by atoms with Gasteiger partial charge in [-0.05, 0) is 19.1 Å². The molecule has 1 saturated heterocycles. The summed E-state index contributed by atoms with van der Waals surface area (Å²) < 4.78 is 44.2. The molecule has 8 nitrogen and oxygen atoms in total. The van der Waals surface area contributed by atoms with Gasteiger partial charge in [-0.3, -0.25) is 5.10 Å². The van der Waals surface area contributed by atoms with Crippen LogP contribution in [-0.2, 0) is 10.9 Å². The molecule has 0 bridgehead atoms. The summed E-state index contributed by atoms with van der Waals surface area (Å²) in [4.78, 5) is 21.9. The standard InChI is InChI=1S/C19H19F3N6O2/c1-18(30-17(23)29)5-7-28(8-6-18)13-10-24-15-14(26-27-16(15)25-13)11-3-2-4-12(9-11)19(20,21)22/h2-4,9-10H,5-8H2,1H3,(H2,23,29)(H,25,26,27). The van der Waals surface area contributed by atoms with Crippen LogP contribution in [0.5, 0.6) is 0 Å². The fourth-order valence-corrected chi connectivity index (χ4v) is 3.54. The van der Waals surface area contributed by atoms with Gasteiger partial charge in [0.1, 0.15) is 22.6 Å². The van der Waals surface area contributed by atoms with Crippen LogP contribution >= 0.6 is 0 Å². The summed E-state index contributed by atoms with van der Waals surface area (Å²) in [7, 11) is 0. The zero-order valence-electron chi connectivity index (χ0n) is 16.0. The monoisotopic (exact) mass is 420 g/mol. The number of piperidine rings is 1. The summed E-state index contributed by atoms with van der Waals surface area (Å²) in [6, 6.07) is 4.92. The van der Waals surface area contributed by atoms with Crippen LogP contribution in [-0.4, -0.2) is 44.9 Å². The molecule has 1 amide bonds. The average molecular weight is 420 g/mol. The van der Waals surface area contributed by atoms with Gasteiger partial charge in [0.15, 0.2) is 5.65 Å². The molecule has 2 aromatic heterocycles. The lowest BCUT2D eigenvalue weighted by molar-refractivity contribution is -0.137. The number of benzene rings is 1. The predicted octanol–water partition coefficient (Wildman–Crippen LogP) is 3.49. The normalized spacial score (nSPS) is 16.6. The summed E-state index contributed by atoms with van der Waals surface area (Å²) in [5.74, 6) is 0.600. The van der Waals surface area contributed by atoms with Crippen molar-refractivity contribution in [3.8, 4) is 11.3 Å². The van der Waals surface area contributed by atoms with Gasteiger partial charge in [-0.1, -0.05) is 12.1 Å². The number of rotatable bonds is 3. The third-order valence-electron chi connectivity index (χ3n) is 5.21. The van der Waals surface area contributed by atoms with Gasteiger partial charge in [0.25, 0.3) is 0 Å². The number of halogens is 3. The summed E-state index contributed by atoms with van der Waals surface area (Å²) in [6.07, 6.45) is -2.52. The summed E-state index contributed by atoms with van der Waals surface area (Å²) in [6.45, 7) is 3.00. The van der Waals surface area contributed by atoms with E-state index in [1.165, 1.54) is 6.07 Å². The molecule has 158 valence electrons. The highest BCUT2D eigenvalue weighted by Crippen LogP contribution is 2.34. The fraction of sp³-hybridized carbons (Fsp3) is 0.368. The highest BCUT2D eigenvalue weighted by molar-refractivity contribution is 5.88. The first-order valence-corrected chi connectivity index (χ1v) is 9.27. The average Bonchev–Trinajstić information content (AvgIpc) is 3.10. The van der Waals surface area contributed by atoms with Crippen molar-refractivity contribution in [2.24, 2.45) is 5.73 Å². The van der Waals surface area contributed by atoms with Crippen LogP contribution in [0.3, 0.4) is 0 Å². The van der Waals surface area contributed by atoms with Crippen molar-refractivity contribution in [3.05, 3.63) is 36.0 Å². The Morgan fingerprint density at radius 1 is 1.30 bits per heavy atom. The summed E-state index contributed by atoms with van der Waals surface area (Å²) in [5, 5.41) is 6.87. The number of hydrogen-bond acceptors (Lipinski definition) is 6. The van der Waals surface area contributed by atoms with Crippen molar-refractivity contribution in [3.63, 3.8) is 0 Å². The molecule has 0 atom stereocenters. The zero-order chi connectivity index (χ0) is 21.5. The predicted molar refractivity (Wildman–Crippen MR) is 103 cm³/mol. The molecule has 3 heterocycles. The number of anilines is 1. The van der Waals surface area contributed by atoms with Crippen molar-refractivity contribution in [1.29, 1.82) is 0 Å². The van der Waals surface area contributed by atoms with Gasteiger partial charge in [-0.15, -0.1) is 0 Å². The second-order valence-corrected chi connectivity index (χ2v) is 7.43. The van der Waals surface area contributed by atoms with E-state index < -0.39 is 23.4 Å². The highest BCUT2D eigenvalue weighted by Gasteiger charge is 2.34. The number of nitrogens with zero attached hydrogens (tertiary/aromatic N) is 4. The fourth-order valence-electron chi connectivity index (χ4n) is 3.54. The first-order chi connectivity index (χ1) is 14.1. The van der Waals surface area contributed by atoms with Gasteiger partial charge < -0.3 is 15.4 Å². The molecular weight excluding hydrogens is 401 g/mol. The van der Waals surface area contributed by atoms with Crippen LogP contribution < -0.4 is 10.6 Å². The molecule has 0 radical (unpaired) electrons. The van der Waals surface area contributed by atoms with Gasteiger partial charge in [0.2, 0.25) is 0 Å². The molecule has 11 heteroatoms. The third-order valence-corrected chi connectivity index (χ3v) is 5.21. The lowest BCUT2D eigenvalue weighted by Gasteiger charge is -2.38. The maximum absolute atomic E-state index is 13.0. The molecule has 0 spiro atoms. The smallest absolute Gasteiger partial charge is 0.416 e. The van der Waals surface area contributed by atoms with E-state index in [9.17, 15) is 18.0 Å². The van der Waals surface area contributed by atoms with Crippen LogP contribution in [0.25, 0.3) is 22.4 Å². The first kappa shape index (κ1) is 19.9. The molecule has 30 heavy (non-hydrogen) atoms. The number of nitrogens with one attached hydrogen (secondary N) is 1. The third kappa shape index (κ3) is 3.87. The van der Waals surface area contributed by atoms with Crippen LogP contribution in [0.1, 0.15) is 25.3 Å². The van der Waals surface area contributed by atoms with Crippen molar-refractivity contribution in [1.82, 2.24) is 20.2 Å². The number of H-pyrrole nitrogens is 1. The lowest BCUT2D eigenvalue weighted by atomic mass is 9.93. The van der Waals surface area contributed by atoms with E-state index in [4.69, 9.17) is 10.5 Å². The molecule has 1 aliphatic heterocycles. The van der Waals surface area contributed by atoms with Crippen molar-refractivity contribution in [2.45, 2.75) is 31.5 Å². The van der Waals surface area contributed by atoms with Crippen LogP contribution in [0.15, 0.2) is 30.5 Å². The second-order valence-electron chi connectivity index (χ2n) is 7.43. The van der Waals surface area contributed by atoms with Crippen molar-refractivity contribution < 1.29 is 22.7 Å². The SMILES string of the molecule is CC1(OC(N)=O)CCN(c2cnc3c(-c4cccc(C(F)(F)F)c4)n[nH]c3n2)CC1. The molecule has 4 rings (SSSR count). The van der Waals surface area contributed by atoms with E-state index in [-0.39, 0.29) is 0 Å². The van der Waals surface area contributed by atoms with Gasteiger partial charge in [0.05, 0.1) is 11.8 Å². The first-order valence-electron chi connectivity index (χ1n) is 9.27. The van der Waals surface area contributed by atoms with Crippen molar-refractivity contribution in [2.75, 3.05) is 18.0 Å². The van der Waals surface area contributed by atoms with Gasteiger partial charge in [-0.25, -0.2) is 14.8 Å². The molecule has 1 aliphatic rings. The Labute approximate surface area is 169 Å². The van der Waals surface area contributed by atoms with E-state index >= 15 is 0 Å². The Morgan fingerprint density at radius 3 is 2.70 bits per heavy atom. The minimum Gasteiger partial charge on any atom is -0.443 e. The highest BCUT2D eigenvalue weighted by atomic mass is 19.4. The molecule has 0 unspecified atom stereocenters. The Balaban J connectivity index is 1.57. The molecular formula is C19H19F3N6O2. The zero-order valence-corrected chi connectivity index (χ0v) is 16.0. The number of alkyl halides is 3. The number of carbonyl (C=O) groups excluding carboxylic acids is 1. The molecule has 1 fully saturated rings. The number of nitrogens with two attached hydrogens (primary N) is 1. The van der Waals surface area contributed by atoms with Gasteiger partial charge >= 0.3 is 12.3 Å². The van der Waals surface area contributed by atoms with Crippen LogP contribution in [0, 0.1) is 0 Å². The summed E-state index contributed by atoms with van der Waals surface area (Å²) in [5.41, 5.74) is 5.12. The Morgan fingerprint density at radius 2 is 2.03 bits per heavy atom. The minimum atomic E-state index is -4.44. The summed E-state index contributed by atoms with van der Waals surface area (Å²) >= 11 is 0. The number of hydrogen-bond donors (Lipinski definition) is 2. The number of ether oxygens (including phenoxy) is 1. The number of amides is 1. The second kappa shape index (κ2) is 7.15. The molecule has 3 aromatic rings. The largest absolute Gasteiger partial charge is 0.443 e. The number of fused-ring (bicyclic) bond motifs is 1. The Hall–Kier alpha value is -3.37. The number of carbonyl (C=O) groups is 1. The Kier molecular flexibility index (Phi) is 4.75. The minimum absolute atomic E-state index is 0.301. The molecule has 3 N–H and O–H groups in total. The van der Waals surface area contributed by atoms with E-state index in [2.05, 4.69) is 20.2 Å². The number of aromatic nitrogens is 4. The van der Waals surface area contributed by atoms with E-state index in [0.29, 0.717) is 54.2 Å². The van der Waals surface area contributed by atoms with Crippen LogP contribution in [0.4, 0.5) is 23.8 Å². The molecule has 0 saturated carbocycles. The van der Waals surface area contributed by atoms with Gasteiger partial charge in [-0.2, -0.15) is 18.3 Å². The van der Waals surface area contributed by atoms with E-state index in [1.807, 2.05) is 11.8 Å². The van der Waals surface area contributed by atoms with Crippen LogP contribution in [0.2, 0.25) is 0 Å². The quantitative estimate of drug-likeness (QED) is 0.671. The Bertz CT molecular complexity index is 1090. The molecule has 1 aromatic carbocycles. The number of aromatic amines is 1. The maximum atomic E-state index is 13.0.